The molecule has 0 radical (unpaired) electrons. The van der Waals surface area contributed by atoms with Gasteiger partial charge < -0.3 is 10.2 Å². The third-order valence-electron chi connectivity index (χ3n) is 4.53. The van der Waals surface area contributed by atoms with E-state index in [2.05, 4.69) is 10.3 Å². The number of nitrogens with zero attached hydrogens (tertiary/aromatic N) is 4. The van der Waals surface area contributed by atoms with Gasteiger partial charge in [-0.15, -0.1) is 0 Å². The molecule has 4 amide bonds. The maximum absolute atomic E-state index is 12.4. The molecule has 1 aromatic rings. The summed E-state index contributed by atoms with van der Waals surface area (Å²) in [4.78, 5) is 54.8. The van der Waals surface area contributed by atoms with Crippen molar-refractivity contribution in [3.63, 3.8) is 0 Å². The summed E-state index contributed by atoms with van der Waals surface area (Å²) < 4.78 is 1.50. The van der Waals surface area contributed by atoms with Crippen molar-refractivity contribution < 1.29 is 14.4 Å². The van der Waals surface area contributed by atoms with E-state index in [4.69, 9.17) is 0 Å². The molecule has 0 unspecified atom stereocenters. The average Bonchev–Trinajstić information content (AvgIpc) is 2.76. The van der Waals surface area contributed by atoms with Gasteiger partial charge in [0.15, 0.2) is 0 Å². The van der Waals surface area contributed by atoms with Crippen molar-refractivity contribution in [3.8, 4) is 0 Å². The first-order valence-corrected chi connectivity index (χ1v) is 7.80. The molecule has 0 bridgehead atoms. The Hall–Kier alpha value is -2.71. The first-order chi connectivity index (χ1) is 11.4. The summed E-state index contributed by atoms with van der Waals surface area (Å²) in [6.07, 6.45) is 0.902. The first-order valence-electron chi connectivity index (χ1n) is 7.80. The van der Waals surface area contributed by atoms with Gasteiger partial charge in [0.25, 0.3) is 11.5 Å². The summed E-state index contributed by atoms with van der Waals surface area (Å²) >= 11 is 0. The monoisotopic (exact) mass is 333 g/mol. The van der Waals surface area contributed by atoms with E-state index in [9.17, 15) is 19.2 Å². The number of fused-ring (bicyclic) bond motifs is 1. The Balaban J connectivity index is 1.74. The van der Waals surface area contributed by atoms with E-state index in [1.54, 1.807) is 18.9 Å². The van der Waals surface area contributed by atoms with E-state index >= 15 is 0 Å². The highest BCUT2D eigenvalue weighted by Crippen LogP contribution is 2.12. The fourth-order valence-corrected chi connectivity index (χ4v) is 2.97. The SMILES string of the molecule is Cc1nc2c(c(=O)n1C)CCN(C(=O)CN1C(=O)CNC1=O)CC2. The van der Waals surface area contributed by atoms with Crippen molar-refractivity contribution in [2.45, 2.75) is 19.8 Å². The molecule has 1 aromatic heterocycles. The van der Waals surface area contributed by atoms with Crippen LogP contribution in [0.15, 0.2) is 4.79 Å². The fraction of sp³-hybridized carbons (Fsp3) is 0.533. The second kappa shape index (κ2) is 6.06. The zero-order valence-corrected chi connectivity index (χ0v) is 13.7. The van der Waals surface area contributed by atoms with Gasteiger partial charge in [0.2, 0.25) is 5.91 Å². The normalized spacial score (nSPS) is 17.6. The minimum Gasteiger partial charge on any atom is -0.340 e. The number of aromatic nitrogens is 2. The minimum atomic E-state index is -0.544. The van der Waals surface area contributed by atoms with Crippen LogP contribution < -0.4 is 10.9 Å². The lowest BCUT2D eigenvalue weighted by Crippen LogP contribution is -2.44. The van der Waals surface area contributed by atoms with E-state index in [1.165, 1.54) is 4.57 Å². The topological polar surface area (TPSA) is 105 Å². The van der Waals surface area contributed by atoms with Crippen molar-refractivity contribution in [1.29, 1.82) is 0 Å². The van der Waals surface area contributed by atoms with Crippen molar-refractivity contribution in [2.24, 2.45) is 7.05 Å². The molecule has 24 heavy (non-hydrogen) atoms. The third kappa shape index (κ3) is 2.77. The summed E-state index contributed by atoms with van der Waals surface area (Å²) in [6, 6.07) is -0.544. The number of carbonyl (C=O) groups is 3. The van der Waals surface area contributed by atoms with E-state index < -0.39 is 11.9 Å². The molecule has 3 heterocycles. The Morgan fingerprint density at radius 3 is 2.58 bits per heavy atom. The number of imide groups is 1. The highest BCUT2D eigenvalue weighted by molar-refractivity contribution is 6.04. The van der Waals surface area contributed by atoms with Crippen LogP contribution in [0.1, 0.15) is 17.1 Å². The summed E-state index contributed by atoms with van der Waals surface area (Å²) in [5.41, 5.74) is 1.27. The summed E-state index contributed by atoms with van der Waals surface area (Å²) in [7, 11) is 1.68. The third-order valence-corrected chi connectivity index (χ3v) is 4.53. The molecule has 128 valence electrons. The summed E-state index contributed by atoms with van der Waals surface area (Å²) in [5.74, 6) is -0.0720. The number of urea groups is 1. The molecule has 1 N–H and O–H groups in total. The molecule has 0 aromatic carbocycles. The number of rotatable bonds is 2. The molecule has 9 nitrogen and oxygen atoms in total. The van der Waals surface area contributed by atoms with Crippen LogP contribution in [0.3, 0.4) is 0 Å². The zero-order valence-electron chi connectivity index (χ0n) is 13.7. The lowest BCUT2D eigenvalue weighted by Gasteiger charge is -2.22. The highest BCUT2D eigenvalue weighted by Gasteiger charge is 2.32. The number of nitrogens with one attached hydrogen (secondary N) is 1. The largest absolute Gasteiger partial charge is 0.340 e. The van der Waals surface area contributed by atoms with Crippen molar-refractivity contribution in [3.05, 3.63) is 27.4 Å². The number of amides is 4. The predicted molar refractivity (Wildman–Crippen MR) is 83.3 cm³/mol. The summed E-state index contributed by atoms with van der Waals surface area (Å²) in [6.45, 7) is 2.21. The van der Waals surface area contributed by atoms with E-state index in [-0.39, 0.29) is 24.6 Å². The van der Waals surface area contributed by atoms with Gasteiger partial charge in [-0.3, -0.25) is 23.9 Å². The molecule has 2 aliphatic rings. The van der Waals surface area contributed by atoms with Gasteiger partial charge in [-0.25, -0.2) is 9.78 Å². The van der Waals surface area contributed by atoms with Crippen LogP contribution >= 0.6 is 0 Å². The lowest BCUT2D eigenvalue weighted by molar-refractivity contribution is -0.136. The Morgan fingerprint density at radius 2 is 1.92 bits per heavy atom. The molecule has 0 atom stereocenters. The Labute approximate surface area is 138 Å². The van der Waals surface area contributed by atoms with Crippen LogP contribution in [0.2, 0.25) is 0 Å². The highest BCUT2D eigenvalue weighted by atomic mass is 16.2. The van der Waals surface area contributed by atoms with Gasteiger partial charge in [0, 0.05) is 32.1 Å². The van der Waals surface area contributed by atoms with Crippen LogP contribution in [0.4, 0.5) is 4.79 Å². The maximum Gasteiger partial charge on any atom is 0.325 e. The molecule has 2 aliphatic heterocycles. The van der Waals surface area contributed by atoms with Gasteiger partial charge in [-0.1, -0.05) is 0 Å². The van der Waals surface area contributed by atoms with Crippen molar-refractivity contribution in [1.82, 2.24) is 24.7 Å². The van der Waals surface area contributed by atoms with Gasteiger partial charge in [-0.2, -0.15) is 0 Å². The van der Waals surface area contributed by atoms with Gasteiger partial charge in [0.05, 0.1) is 12.2 Å². The second-order valence-electron chi connectivity index (χ2n) is 5.97. The van der Waals surface area contributed by atoms with Crippen LogP contribution in [-0.2, 0) is 29.5 Å². The molecule has 0 aliphatic carbocycles. The fourth-order valence-electron chi connectivity index (χ4n) is 2.97. The van der Waals surface area contributed by atoms with E-state index in [0.717, 1.165) is 10.6 Å². The van der Waals surface area contributed by atoms with Crippen LogP contribution in [-0.4, -0.2) is 63.4 Å². The van der Waals surface area contributed by atoms with Gasteiger partial charge >= 0.3 is 6.03 Å². The van der Waals surface area contributed by atoms with E-state index in [0.29, 0.717) is 37.3 Å². The Bertz CT molecular complexity index is 769. The molecule has 1 fully saturated rings. The molecule has 9 heteroatoms. The molecular weight excluding hydrogens is 314 g/mol. The number of hydrogen-bond acceptors (Lipinski definition) is 5. The van der Waals surface area contributed by atoms with Gasteiger partial charge in [-0.05, 0) is 13.3 Å². The lowest BCUT2D eigenvalue weighted by atomic mass is 10.1. The molecule has 3 rings (SSSR count). The Kier molecular flexibility index (Phi) is 4.08. The van der Waals surface area contributed by atoms with Crippen LogP contribution in [0.25, 0.3) is 0 Å². The quantitative estimate of drug-likeness (QED) is 0.668. The molecular formula is C15H19N5O4. The maximum atomic E-state index is 12.4. The van der Waals surface area contributed by atoms with Gasteiger partial charge in [0.1, 0.15) is 12.4 Å². The number of carbonyl (C=O) groups excluding carboxylic acids is 3. The molecule has 0 saturated carbocycles. The van der Waals surface area contributed by atoms with Crippen LogP contribution in [0, 0.1) is 6.92 Å². The number of hydrogen-bond donors (Lipinski definition) is 1. The van der Waals surface area contributed by atoms with Crippen LogP contribution in [0.5, 0.6) is 0 Å². The minimum absolute atomic E-state index is 0.0726. The second-order valence-corrected chi connectivity index (χ2v) is 5.97. The standard InChI is InChI=1S/C15H19N5O4/c1-9-17-11-4-6-19(5-3-10(11)14(23)18(9)2)13(22)8-20-12(21)7-16-15(20)24/h3-8H2,1-2H3,(H,16,24). The predicted octanol–water partition coefficient (Wildman–Crippen LogP) is -1.43. The average molecular weight is 333 g/mol. The Morgan fingerprint density at radius 1 is 1.21 bits per heavy atom. The smallest absolute Gasteiger partial charge is 0.325 e. The first kappa shape index (κ1) is 16.2. The van der Waals surface area contributed by atoms with Crippen molar-refractivity contribution >= 4 is 17.8 Å². The molecule has 0 spiro atoms. The van der Waals surface area contributed by atoms with Crippen molar-refractivity contribution in [2.75, 3.05) is 26.2 Å². The summed E-state index contributed by atoms with van der Waals surface area (Å²) in [5, 5.41) is 2.39. The molecule has 1 saturated heterocycles. The zero-order chi connectivity index (χ0) is 17.4. The number of aryl methyl sites for hydroxylation is 1. The van der Waals surface area contributed by atoms with E-state index in [1.807, 2.05) is 0 Å².